The van der Waals surface area contributed by atoms with Gasteiger partial charge in [0.05, 0.1) is 0 Å². The summed E-state index contributed by atoms with van der Waals surface area (Å²) in [7, 11) is 3.11. The third kappa shape index (κ3) is 1.66. The summed E-state index contributed by atoms with van der Waals surface area (Å²) in [5.41, 5.74) is 0. The number of para-hydroxylation sites is 2. The van der Waals surface area contributed by atoms with Gasteiger partial charge in [0.1, 0.15) is 0 Å². The highest BCUT2D eigenvalue weighted by Crippen LogP contribution is 2.38. The van der Waals surface area contributed by atoms with Gasteiger partial charge in [-0.1, -0.05) is 12.1 Å². The molecule has 1 aliphatic heterocycles. The molecule has 0 saturated carbocycles. The second-order valence-electron chi connectivity index (χ2n) is 3.45. The van der Waals surface area contributed by atoms with Crippen molar-refractivity contribution in [3.8, 4) is 11.5 Å². The van der Waals surface area contributed by atoms with Gasteiger partial charge in [-0.15, -0.1) is 0 Å². The van der Waals surface area contributed by atoms with Crippen LogP contribution in [-0.2, 0) is 9.47 Å². The molecule has 0 saturated heterocycles. The van der Waals surface area contributed by atoms with E-state index >= 15 is 0 Å². The minimum absolute atomic E-state index is 0.572. The molecule has 1 aliphatic rings. The maximum Gasteiger partial charge on any atom is 0.270 e. The first-order valence-electron chi connectivity index (χ1n) is 4.72. The zero-order chi connectivity index (χ0) is 10.9. The molecule has 0 aromatic heterocycles. The van der Waals surface area contributed by atoms with Crippen LogP contribution in [-0.4, -0.2) is 26.3 Å². The van der Waals surface area contributed by atoms with Crippen molar-refractivity contribution in [2.75, 3.05) is 14.2 Å². The minimum atomic E-state index is -0.914. The molecule has 4 nitrogen and oxygen atoms in total. The summed E-state index contributed by atoms with van der Waals surface area (Å²) >= 11 is 0. The molecule has 2 rings (SSSR count). The first-order chi connectivity index (χ1) is 7.19. The molecule has 82 valence electrons. The molecule has 1 aromatic rings. The van der Waals surface area contributed by atoms with Gasteiger partial charge in [0.15, 0.2) is 11.5 Å². The highest BCUT2D eigenvalue weighted by Gasteiger charge is 2.43. The molecule has 0 N–H and O–H groups in total. The number of benzene rings is 1. The van der Waals surface area contributed by atoms with Gasteiger partial charge in [-0.2, -0.15) is 0 Å². The van der Waals surface area contributed by atoms with E-state index in [0.717, 1.165) is 0 Å². The molecule has 15 heavy (non-hydrogen) atoms. The van der Waals surface area contributed by atoms with E-state index in [4.69, 9.17) is 18.9 Å². The molecule has 1 heterocycles. The van der Waals surface area contributed by atoms with Gasteiger partial charge in [-0.25, -0.2) is 0 Å². The third-order valence-corrected chi connectivity index (χ3v) is 2.44. The standard InChI is InChI=1S/C11H14O4/c1-11(13-3)10(12-2)14-8-6-4-5-7-9(8)15-11/h4-7,10H,1-3H3. The molecule has 0 bridgehead atoms. The van der Waals surface area contributed by atoms with Crippen molar-refractivity contribution in [3.63, 3.8) is 0 Å². The number of hydrogen-bond donors (Lipinski definition) is 0. The summed E-state index contributed by atoms with van der Waals surface area (Å²) in [5, 5.41) is 0. The Morgan fingerprint density at radius 2 is 1.87 bits per heavy atom. The van der Waals surface area contributed by atoms with Crippen molar-refractivity contribution in [1.29, 1.82) is 0 Å². The lowest BCUT2D eigenvalue weighted by atomic mass is 10.2. The molecule has 2 unspecified atom stereocenters. The Morgan fingerprint density at radius 1 is 1.20 bits per heavy atom. The fourth-order valence-electron chi connectivity index (χ4n) is 1.52. The second-order valence-corrected chi connectivity index (χ2v) is 3.45. The first kappa shape index (κ1) is 10.3. The van der Waals surface area contributed by atoms with Crippen molar-refractivity contribution in [1.82, 2.24) is 0 Å². The Morgan fingerprint density at radius 3 is 2.47 bits per heavy atom. The zero-order valence-corrected chi connectivity index (χ0v) is 9.02. The lowest BCUT2D eigenvalue weighted by Gasteiger charge is -2.39. The van der Waals surface area contributed by atoms with Gasteiger partial charge in [-0.05, 0) is 12.1 Å². The van der Waals surface area contributed by atoms with Gasteiger partial charge < -0.3 is 18.9 Å². The SMILES string of the molecule is COC1Oc2ccccc2OC1(C)OC. The number of fused-ring (bicyclic) bond motifs is 1. The van der Waals surface area contributed by atoms with E-state index in [-0.39, 0.29) is 0 Å². The number of ether oxygens (including phenoxy) is 4. The van der Waals surface area contributed by atoms with Gasteiger partial charge >= 0.3 is 0 Å². The molecule has 2 atom stereocenters. The quantitative estimate of drug-likeness (QED) is 0.745. The largest absolute Gasteiger partial charge is 0.454 e. The third-order valence-electron chi connectivity index (χ3n) is 2.44. The van der Waals surface area contributed by atoms with E-state index in [0.29, 0.717) is 11.5 Å². The fourth-order valence-corrected chi connectivity index (χ4v) is 1.52. The molecule has 1 aromatic carbocycles. The van der Waals surface area contributed by atoms with Crippen molar-refractivity contribution in [2.24, 2.45) is 0 Å². The van der Waals surface area contributed by atoms with E-state index in [1.165, 1.54) is 0 Å². The van der Waals surface area contributed by atoms with Gasteiger partial charge in [0.2, 0.25) is 0 Å². The Bertz CT molecular complexity index is 352. The summed E-state index contributed by atoms with van der Waals surface area (Å²) in [5.74, 6) is 0.414. The Hall–Kier alpha value is -1.26. The fraction of sp³-hybridized carbons (Fsp3) is 0.455. The van der Waals surface area contributed by atoms with Crippen LogP contribution in [0.25, 0.3) is 0 Å². The van der Waals surface area contributed by atoms with Gasteiger partial charge in [-0.3, -0.25) is 0 Å². The lowest BCUT2D eigenvalue weighted by molar-refractivity contribution is -0.288. The molecule has 0 amide bonds. The zero-order valence-electron chi connectivity index (χ0n) is 9.02. The van der Waals surface area contributed by atoms with Crippen LogP contribution >= 0.6 is 0 Å². The van der Waals surface area contributed by atoms with Gasteiger partial charge in [0, 0.05) is 21.1 Å². The van der Waals surface area contributed by atoms with Gasteiger partial charge in [0.25, 0.3) is 12.1 Å². The second kappa shape index (κ2) is 3.72. The summed E-state index contributed by atoms with van der Waals surface area (Å²) in [6.07, 6.45) is -0.572. The Labute approximate surface area is 88.7 Å². The number of rotatable bonds is 2. The average molecular weight is 210 g/mol. The lowest BCUT2D eigenvalue weighted by Crippen LogP contribution is -2.53. The Balaban J connectivity index is 2.35. The number of hydrogen-bond acceptors (Lipinski definition) is 4. The van der Waals surface area contributed by atoms with E-state index in [1.54, 1.807) is 21.1 Å². The maximum absolute atomic E-state index is 5.70. The average Bonchev–Trinajstić information content (AvgIpc) is 2.28. The van der Waals surface area contributed by atoms with Crippen LogP contribution < -0.4 is 9.47 Å². The predicted octanol–water partition coefficient (Wildman–Crippen LogP) is 1.79. The van der Waals surface area contributed by atoms with Crippen LogP contribution in [0.5, 0.6) is 11.5 Å². The molecule has 4 heteroatoms. The van der Waals surface area contributed by atoms with Crippen molar-refractivity contribution >= 4 is 0 Å². The van der Waals surface area contributed by atoms with Crippen LogP contribution in [0.4, 0.5) is 0 Å². The minimum Gasteiger partial charge on any atom is -0.454 e. The molecular weight excluding hydrogens is 196 g/mol. The van der Waals surface area contributed by atoms with Crippen LogP contribution in [0.3, 0.4) is 0 Å². The van der Waals surface area contributed by atoms with Crippen LogP contribution in [0.1, 0.15) is 6.92 Å². The first-order valence-corrected chi connectivity index (χ1v) is 4.72. The van der Waals surface area contributed by atoms with Crippen molar-refractivity contribution in [3.05, 3.63) is 24.3 Å². The highest BCUT2D eigenvalue weighted by molar-refractivity contribution is 5.41. The van der Waals surface area contributed by atoms with Crippen LogP contribution in [0, 0.1) is 0 Å². The van der Waals surface area contributed by atoms with E-state index in [2.05, 4.69) is 0 Å². The number of methoxy groups -OCH3 is 2. The smallest absolute Gasteiger partial charge is 0.270 e. The summed E-state index contributed by atoms with van der Waals surface area (Å²) in [4.78, 5) is 0. The van der Waals surface area contributed by atoms with Crippen molar-refractivity contribution < 1.29 is 18.9 Å². The van der Waals surface area contributed by atoms with E-state index < -0.39 is 12.1 Å². The molecular formula is C11H14O4. The molecule has 0 fully saturated rings. The monoisotopic (exact) mass is 210 g/mol. The maximum atomic E-state index is 5.70. The van der Waals surface area contributed by atoms with E-state index in [1.807, 2.05) is 24.3 Å². The summed E-state index contributed by atoms with van der Waals surface area (Å²) in [6.45, 7) is 1.77. The molecule has 0 spiro atoms. The summed E-state index contributed by atoms with van der Waals surface area (Å²) < 4.78 is 21.8. The van der Waals surface area contributed by atoms with Crippen molar-refractivity contribution in [2.45, 2.75) is 19.0 Å². The summed E-state index contributed by atoms with van der Waals surface area (Å²) in [6, 6.07) is 7.42. The normalized spacial score (nSPS) is 28.9. The predicted molar refractivity (Wildman–Crippen MR) is 53.9 cm³/mol. The highest BCUT2D eigenvalue weighted by atomic mass is 16.8. The van der Waals surface area contributed by atoms with E-state index in [9.17, 15) is 0 Å². The van der Waals surface area contributed by atoms with Crippen LogP contribution in [0.15, 0.2) is 24.3 Å². The van der Waals surface area contributed by atoms with Crippen LogP contribution in [0.2, 0.25) is 0 Å². The topological polar surface area (TPSA) is 36.9 Å². The Kier molecular flexibility index (Phi) is 2.54. The molecule has 0 aliphatic carbocycles. The molecule has 0 radical (unpaired) electrons.